The van der Waals surface area contributed by atoms with Crippen molar-refractivity contribution in [3.05, 3.63) is 60.2 Å². The van der Waals surface area contributed by atoms with Gasteiger partial charge in [-0.2, -0.15) is 0 Å². The van der Waals surface area contributed by atoms with E-state index in [2.05, 4.69) is 5.32 Å². The fourth-order valence-corrected chi connectivity index (χ4v) is 3.72. The van der Waals surface area contributed by atoms with Crippen LogP contribution in [0.15, 0.2) is 59.5 Å². The van der Waals surface area contributed by atoms with Crippen LogP contribution in [0.25, 0.3) is 0 Å². The number of nitrogens with zero attached hydrogens (tertiary/aromatic N) is 1. The number of nitrogens with one attached hydrogen (secondary N) is 1. The molecule has 0 spiro atoms. The van der Waals surface area contributed by atoms with Crippen LogP contribution >= 0.6 is 0 Å². The second-order valence-corrected chi connectivity index (χ2v) is 9.88. The smallest absolute Gasteiger partial charge is 0.329 e. The lowest BCUT2D eigenvalue weighted by Gasteiger charge is -2.21. The first-order chi connectivity index (χ1) is 15.1. The van der Waals surface area contributed by atoms with Crippen LogP contribution in [0.2, 0.25) is 0 Å². The van der Waals surface area contributed by atoms with Crippen molar-refractivity contribution in [2.45, 2.75) is 31.2 Å². The van der Waals surface area contributed by atoms with Gasteiger partial charge in [0.25, 0.3) is 0 Å². The molecule has 0 aliphatic carbocycles. The van der Waals surface area contributed by atoms with Crippen LogP contribution in [0.4, 0.5) is 0 Å². The molecule has 8 nitrogen and oxygen atoms in total. The minimum atomic E-state index is -3.50. The van der Waals surface area contributed by atoms with E-state index >= 15 is 0 Å². The van der Waals surface area contributed by atoms with E-state index in [9.17, 15) is 18.0 Å². The lowest BCUT2D eigenvalue weighted by Crippen LogP contribution is -2.46. The lowest BCUT2D eigenvalue weighted by atomic mass is 10.0. The molecule has 0 fully saturated rings. The van der Waals surface area contributed by atoms with E-state index in [4.69, 9.17) is 9.47 Å². The van der Waals surface area contributed by atoms with Crippen molar-refractivity contribution >= 4 is 21.9 Å². The van der Waals surface area contributed by atoms with Gasteiger partial charge in [-0.3, -0.25) is 4.79 Å². The SMILES string of the molecule is CC(C)[C@H](NC(=O)Cc1ccccc1)C(=O)OCCOc1ccc(S(=O)(=O)N(C)C)cc1. The van der Waals surface area contributed by atoms with Crippen LogP contribution < -0.4 is 10.1 Å². The first kappa shape index (κ1) is 25.4. The second-order valence-electron chi connectivity index (χ2n) is 7.73. The highest BCUT2D eigenvalue weighted by Crippen LogP contribution is 2.18. The summed E-state index contributed by atoms with van der Waals surface area (Å²) in [7, 11) is -0.582. The van der Waals surface area contributed by atoms with Gasteiger partial charge in [-0.25, -0.2) is 17.5 Å². The topological polar surface area (TPSA) is 102 Å². The van der Waals surface area contributed by atoms with Crippen LogP contribution in [0.5, 0.6) is 5.75 Å². The number of carbonyl (C=O) groups excluding carboxylic acids is 2. The predicted octanol–water partition coefficient (Wildman–Crippen LogP) is 2.24. The Bertz CT molecular complexity index is 989. The molecule has 9 heteroatoms. The minimum Gasteiger partial charge on any atom is -0.490 e. The summed E-state index contributed by atoms with van der Waals surface area (Å²) in [6, 6.07) is 14.5. The van der Waals surface area contributed by atoms with Crippen molar-refractivity contribution in [3.8, 4) is 5.75 Å². The van der Waals surface area contributed by atoms with E-state index in [-0.39, 0.29) is 36.4 Å². The molecule has 0 bridgehead atoms. The summed E-state index contributed by atoms with van der Waals surface area (Å²) in [6.45, 7) is 3.74. The van der Waals surface area contributed by atoms with Gasteiger partial charge in [0.05, 0.1) is 11.3 Å². The molecule has 0 aliphatic heterocycles. The fraction of sp³-hybridized carbons (Fsp3) is 0.391. The number of sulfonamides is 1. The average molecular weight is 463 g/mol. The van der Waals surface area contributed by atoms with Crippen molar-refractivity contribution in [1.29, 1.82) is 0 Å². The highest BCUT2D eigenvalue weighted by atomic mass is 32.2. The van der Waals surface area contributed by atoms with Gasteiger partial charge in [-0.1, -0.05) is 44.2 Å². The van der Waals surface area contributed by atoms with Crippen LogP contribution in [-0.2, 0) is 30.8 Å². The average Bonchev–Trinajstić information content (AvgIpc) is 2.75. The molecule has 0 aliphatic rings. The van der Waals surface area contributed by atoms with Crippen molar-refractivity contribution in [3.63, 3.8) is 0 Å². The molecule has 2 rings (SSSR count). The molecule has 0 heterocycles. The molecular formula is C23H30N2O6S. The van der Waals surface area contributed by atoms with E-state index in [0.717, 1.165) is 9.87 Å². The van der Waals surface area contributed by atoms with E-state index in [0.29, 0.717) is 5.75 Å². The zero-order valence-electron chi connectivity index (χ0n) is 18.8. The highest BCUT2D eigenvalue weighted by molar-refractivity contribution is 7.89. The number of rotatable bonds is 11. The van der Waals surface area contributed by atoms with Crippen LogP contribution in [0, 0.1) is 5.92 Å². The summed E-state index contributed by atoms with van der Waals surface area (Å²) < 4.78 is 36.1. The highest BCUT2D eigenvalue weighted by Gasteiger charge is 2.25. The molecule has 0 unspecified atom stereocenters. The molecule has 0 aromatic heterocycles. The minimum absolute atomic E-state index is 0.00560. The molecule has 1 N–H and O–H groups in total. The number of hydrogen-bond donors (Lipinski definition) is 1. The van der Waals surface area contributed by atoms with Gasteiger partial charge in [-0.15, -0.1) is 0 Å². The number of esters is 1. The molecule has 32 heavy (non-hydrogen) atoms. The molecule has 1 amide bonds. The van der Waals surface area contributed by atoms with Gasteiger partial charge in [0.2, 0.25) is 15.9 Å². The molecule has 1 atom stereocenters. The summed E-state index contributed by atoms with van der Waals surface area (Å²) >= 11 is 0. The van der Waals surface area contributed by atoms with Gasteiger partial charge < -0.3 is 14.8 Å². The first-order valence-corrected chi connectivity index (χ1v) is 11.7. The predicted molar refractivity (Wildman–Crippen MR) is 121 cm³/mol. The van der Waals surface area contributed by atoms with E-state index in [1.807, 2.05) is 44.2 Å². The largest absolute Gasteiger partial charge is 0.490 e. The maximum Gasteiger partial charge on any atom is 0.329 e. The van der Waals surface area contributed by atoms with E-state index in [1.54, 1.807) is 12.1 Å². The fourth-order valence-electron chi connectivity index (χ4n) is 2.81. The first-order valence-electron chi connectivity index (χ1n) is 10.3. The standard InChI is InChI=1S/C23H30N2O6S/c1-17(2)22(24-21(26)16-18-8-6-5-7-9-18)23(27)31-15-14-30-19-10-12-20(13-11-19)32(28,29)25(3)4/h5-13,17,22H,14-16H2,1-4H3,(H,24,26)/t22-/m0/s1. The third kappa shape index (κ3) is 7.35. The molecule has 0 radical (unpaired) electrons. The van der Waals surface area contributed by atoms with Gasteiger partial charge in [0, 0.05) is 14.1 Å². The number of hydrogen-bond acceptors (Lipinski definition) is 6. The van der Waals surface area contributed by atoms with E-state index < -0.39 is 22.0 Å². The molecular weight excluding hydrogens is 432 g/mol. The Morgan fingerprint density at radius 1 is 0.969 bits per heavy atom. The quantitative estimate of drug-likeness (QED) is 0.406. The van der Waals surface area contributed by atoms with Crippen molar-refractivity contribution in [2.24, 2.45) is 5.92 Å². The maximum atomic E-state index is 12.4. The van der Waals surface area contributed by atoms with Crippen molar-refractivity contribution in [1.82, 2.24) is 9.62 Å². The number of ether oxygens (including phenoxy) is 2. The maximum absolute atomic E-state index is 12.4. The Balaban J connectivity index is 1.81. The lowest BCUT2D eigenvalue weighted by molar-refractivity contribution is -0.149. The molecule has 2 aromatic carbocycles. The summed E-state index contributed by atoms with van der Waals surface area (Å²) in [5.41, 5.74) is 0.860. The monoisotopic (exact) mass is 462 g/mol. The van der Waals surface area contributed by atoms with Crippen molar-refractivity contribution < 1.29 is 27.5 Å². The summed E-state index contributed by atoms with van der Waals surface area (Å²) in [5, 5.41) is 2.74. The third-order valence-corrected chi connectivity index (χ3v) is 6.47. The van der Waals surface area contributed by atoms with E-state index in [1.165, 1.54) is 26.2 Å². The number of benzene rings is 2. The van der Waals surface area contributed by atoms with Gasteiger partial charge >= 0.3 is 5.97 Å². The van der Waals surface area contributed by atoms with Gasteiger partial charge in [-0.05, 0) is 35.7 Å². The van der Waals surface area contributed by atoms with Crippen LogP contribution in [0.1, 0.15) is 19.4 Å². The Kier molecular flexibility index (Phi) is 9.22. The Hall–Kier alpha value is -2.91. The number of carbonyl (C=O) groups is 2. The summed E-state index contributed by atoms with van der Waals surface area (Å²) in [5.74, 6) is -0.474. The zero-order chi connectivity index (χ0) is 23.7. The Morgan fingerprint density at radius 3 is 2.16 bits per heavy atom. The molecule has 0 saturated heterocycles. The second kappa shape index (κ2) is 11.6. The van der Waals surface area contributed by atoms with Crippen molar-refractivity contribution in [2.75, 3.05) is 27.3 Å². The van der Waals surface area contributed by atoms with Gasteiger partial charge in [0.15, 0.2) is 0 Å². The third-order valence-electron chi connectivity index (χ3n) is 4.64. The number of amides is 1. The molecule has 2 aromatic rings. The molecule has 174 valence electrons. The van der Waals surface area contributed by atoms with Crippen LogP contribution in [0.3, 0.4) is 0 Å². The van der Waals surface area contributed by atoms with Gasteiger partial charge in [0.1, 0.15) is 25.0 Å². The molecule has 0 saturated carbocycles. The summed E-state index contributed by atoms with van der Waals surface area (Å²) in [6.07, 6.45) is 0.181. The Morgan fingerprint density at radius 2 is 1.59 bits per heavy atom. The zero-order valence-corrected chi connectivity index (χ0v) is 19.6. The normalized spacial score (nSPS) is 12.4. The van der Waals surface area contributed by atoms with Crippen LogP contribution in [-0.4, -0.2) is 58.0 Å². The summed E-state index contributed by atoms with van der Waals surface area (Å²) in [4.78, 5) is 24.9. The Labute approximate surface area is 189 Å².